The lowest BCUT2D eigenvalue weighted by molar-refractivity contribution is 0.0640. The minimum absolute atomic E-state index is 0.0319. The fraction of sp³-hybridized carbons (Fsp3) is 0.545. The number of carbonyl (C=O) groups excluding carboxylic acids is 1. The minimum atomic E-state index is -3.76. The number of aromatic nitrogens is 1. The highest BCUT2D eigenvalue weighted by molar-refractivity contribution is 7.89. The molecule has 1 amide bonds. The minimum Gasteiger partial charge on any atom is -0.389 e. The summed E-state index contributed by atoms with van der Waals surface area (Å²) >= 11 is 0. The molecule has 0 saturated carbocycles. The lowest BCUT2D eigenvalue weighted by Crippen LogP contribution is -2.39. The molecule has 1 rings (SSSR count). The van der Waals surface area contributed by atoms with Gasteiger partial charge in [-0.2, -0.15) is 4.31 Å². The molecule has 19 heavy (non-hydrogen) atoms. The quantitative estimate of drug-likeness (QED) is 0.763. The predicted molar refractivity (Wildman–Crippen MR) is 70.0 cm³/mol. The summed E-state index contributed by atoms with van der Waals surface area (Å²) in [6.45, 7) is 2.97. The third-order valence-electron chi connectivity index (χ3n) is 2.55. The summed E-state index contributed by atoms with van der Waals surface area (Å²) in [5, 5.41) is 9.66. The Kier molecular flexibility index (Phi) is 4.08. The maximum atomic E-state index is 12.2. The number of aliphatic hydroxyl groups is 1. The third-order valence-corrected chi connectivity index (χ3v) is 4.32. The molecule has 1 heterocycles. The van der Waals surface area contributed by atoms with Crippen LogP contribution in [0.1, 0.15) is 24.3 Å². The normalized spacial score (nSPS) is 12.9. The summed E-state index contributed by atoms with van der Waals surface area (Å²) in [5.41, 5.74) is 4.10. The summed E-state index contributed by atoms with van der Waals surface area (Å²) < 4.78 is 26.9. The van der Waals surface area contributed by atoms with Crippen LogP contribution in [0, 0.1) is 0 Å². The first kappa shape index (κ1) is 15.7. The van der Waals surface area contributed by atoms with E-state index in [1.807, 2.05) is 0 Å². The van der Waals surface area contributed by atoms with Gasteiger partial charge in [0.25, 0.3) is 5.91 Å². The van der Waals surface area contributed by atoms with Gasteiger partial charge in [-0.3, -0.25) is 4.79 Å². The molecule has 0 aromatic carbocycles. The lowest BCUT2D eigenvalue weighted by Gasteiger charge is -2.24. The largest absolute Gasteiger partial charge is 0.389 e. The van der Waals surface area contributed by atoms with Crippen LogP contribution in [-0.4, -0.2) is 47.5 Å². The van der Waals surface area contributed by atoms with Gasteiger partial charge in [-0.05, 0) is 19.9 Å². The third kappa shape index (κ3) is 3.55. The van der Waals surface area contributed by atoms with Crippen molar-refractivity contribution in [3.05, 3.63) is 18.0 Å². The van der Waals surface area contributed by atoms with Gasteiger partial charge in [0.05, 0.1) is 5.60 Å². The fourth-order valence-electron chi connectivity index (χ4n) is 1.73. The molecule has 108 valence electrons. The molecule has 0 fully saturated rings. The Morgan fingerprint density at radius 3 is 2.42 bits per heavy atom. The number of carbonyl (C=O) groups is 1. The van der Waals surface area contributed by atoms with Crippen molar-refractivity contribution in [3.8, 4) is 0 Å². The van der Waals surface area contributed by atoms with Crippen molar-refractivity contribution in [3.63, 3.8) is 0 Å². The predicted octanol–water partition coefficient (Wildman–Crippen LogP) is -0.485. The van der Waals surface area contributed by atoms with Gasteiger partial charge < -0.3 is 15.4 Å². The van der Waals surface area contributed by atoms with E-state index in [0.29, 0.717) is 0 Å². The summed E-state index contributed by atoms with van der Waals surface area (Å²) in [4.78, 5) is 11.1. The number of aryl methyl sites for hydroxylation is 1. The standard InChI is InChI=1S/C11H19N3O4S/c1-11(2,16)7-14(4)19(17,18)8-5-9(10(12)15)13(3)6-8/h5-6,16H,7H2,1-4H3,(H2,12,15). The van der Waals surface area contributed by atoms with E-state index < -0.39 is 21.5 Å². The van der Waals surface area contributed by atoms with Gasteiger partial charge in [0.2, 0.25) is 10.0 Å². The summed E-state index contributed by atoms with van der Waals surface area (Å²) in [7, 11) is -0.861. The number of primary amides is 1. The van der Waals surface area contributed by atoms with E-state index in [1.54, 1.807) is 0 Å². The van der Waals surface area contributed by atoms with E-state index in [4.69, 9.17) is 5.73 Å². The zero-order valence-corrected chi connectivity index (χ0v) is 12.2. The number of likely N-dealkylation sites (N-methyl/N-ethyl adjacent to an activating group) is 1. The maximum absolute atomic E-state index is 12.2. The SMILES string of the molecule is CN(CC(C)(C)O)S(=O)(=O)c1cc(C(N)=O)n(C)c1. The van der Waals surface area contributed by atoms with Crippen molar-refractivity contribution in [1.82, 2.24) is 8.87 Å². The topological polar surface area (TPSA) is 106 Å². The molecule has 7 nitrogen and oxygen atoms in total. The monoisotopic (exact) mass is 289 g/mol. The number of amides is 1. The molecule has 1 aromatic heterocycles. The van der Waals surface area contributed by atoms with Crippen LogP contribution in [-0.2, 0) is 17.1 Å². The van der Waals surface area contributed by atoms with Crippen molar-refractivity contribution in [1.29, 1.82) is 0 Å². The highest BCUT2D eigenvalue weighted by Crippen LogP contribution is 2.19. The fourth-order valence-corrected chi connectivity index (χ4v) is 3.13. The van der Waals surface area contributed by atoms with Crippen molar-refractivity contribution >= 4 is 15.9 Å². The Hall–Kier alpha value is -1.38. The molecule has 8 heteroatoms. The summed E-state index contributed by atoms with van der Waals surface area (Å²) in [6.07, 6.45) is 1.32. The highest BCUT2D eigenvalue weighted by atomic mass is 32.2. The van der Waals surface area contributed by atoms with Gasteiger partial charge in [-0.1, -0.05) is 0 Å². The Balaban J connectivity index is 3.14. The van der Waals surface area contributed by atoms with Crippen molar-refractivity contribution in [2.75, 3.05) is 13.6 Å². The zero-order valence-electron chi connectivity index (χ0n) is 11.4. The Bertz CT molecular complexity index is 584. The van der Waals surface area contributed by atoms with E-state index in [-0.39, 0.29) is 17.1 Å². The molecular weight excluding hydrogens is 270 g/mol. The number of nitrogens with zero attached hydrogens (tertiary/aromatic N) is 2. The number of nitrogens with two attached hydrogens (primary N) is 1. The van der Waals surface area contributed by atoms with Gasteiger partial charge in [0, 0.05) is 26.8 Å². The summed E-state index contributed by atoms with van der Waals surface area (Å²) in [6, 6.07) is 1.22. The van der Waals surface area contributed by atoms with Crippen molar-refractivity contribution in [2.45, 2.75) is 24.3 Å². The van der Waals surface area contributed by atoms with Crippen LogP contribution in [0.2, 0.25) is 0 Å². The molecule has 0 atom stereocenters. The smallest absolute Gasteiger partial charge is 0.265 e. The average Bonchev–Trinajstić information content (AvgIpc) is 2.58. The van der Waals surface area contributed by atoms with Crippen LogP contribution in [0.15, 0.2) is 17.2 Å². The summed E-state index contributed by atoms with van der Waals surface area (Å²) in [5.74, 6) is -0.700. The lowest BCUT2D eigenvalue weighted by atomic mass is 10.1. The Morgan fingerprint density at radius 1 is 1.53 bits per heavy atom. The number of hydrogen-bond acceptors (Lipinski definition) is 4. The maximum Gasteiger partial charge on any atom is 0.265 e. The molecule has 0 bridgehead atoms. The van der Waals surface area contributed by atoms with E-state index >= 15 is 0 Å². The van der Waals surface area contributed by atoms with Crippen LogP contribution < -0.4 is 5.73 Å². The zero-order chi connectivity index (χ0) is 15.0. The second kappa shape index (κ2) is 4.95. The molecule has 0 aliphatic rings. The van der Waals surface area contributed by atoms with Crippen LogP contribution in [0.5, 0.6) is 0 Å². The number of rotatable bonds is 5. The first-order valence-electron chi connectivity index (χ1n) is 5.60. The van der Waals surface area contributed by atoms with Crippen LogP contribution >= 0.6 is 0 Å². The van der Waals surface area contributed by atoms with Gasteiger partial charge in [0.1, 0.15) is 10.6 Å². The molecular formula is C11H19N3O4S. The van der Waals surface area contributed by atoms with Crippen LogP contribution in [0.4, 0.5) is 0 Å². The van der Waals surface area contributed by atoms with E-state index in [9.17, 15) is 18.3 Å². The Morgan fingerprint density at radius 2 is 2.05 bits per heavy atom. The van der Waals surface area contributed by atoms with E-state index in [2.05, 4.69) is 0 Å². The van der Waals surface area contributed by atoms with Crippen molar-refractivity contribution < 1.29 is 18.3 Å². The molecule has 0 aliphatic heterocycles. The first-order chi connectivity index (χ1) is 8.45. The average molecular weight is 289 g/mol. The molecule has 0 unspecified atom stereocenters. The molecule has 3 N–H and O–H groups in total. The second-order valence-corrected chi connectivity index (χ2v) is 7.15. The van der Waals surface area contributed by atoms with Crippen LogP contribution in [0.3, 0.4) is 0 Å². The van der Waals surface area contributed by atoms with Crippen LogP contribution in [0.25, 0.3) is 0 Å². The van der Waals surface area contributed by atoms with E-state index in [1.165, 1.54) is 44.8 Å². The first-order valence-corrected chi connectivity index (χ1v) is 7.04. The van der Waals surface area contributed by atoms with Gasteiger partial charge >= 0.3 is 0 Å². The van der Waals surface area contributed by atoms with Gasteiger partial charge in [0.15, 0.2) is 0 Å². The molecule has 0 aliphatic carbocycles. The molecule has 0 spiro atoms. The Labute approximate surface area is 112 Å². The molecule has 0 radical (unpaired) electrons. The van der Waals surface area contributed by atoms with Crippen molar-refractivity contribution in [2.24, 2.45) is 12.8 Å². The number of sulfonamides is 1. The van der Waals surface area contributed by atoms with Gasteiger partial charge in [-0.25, -0.2) is 8.42 Å². The molecule has 0 saturated heterocycles. The van der Waals surface area contributed by atoms with Gasteiger partial charge in [-0.15, -0.1) is 0 Å². The number of hydrogen-bond donors (Lipinski definition) is 2. The molecule has 1 aromatic rings. The second-order valence-electron chi connectivity index (χ2n) is 5.11. The van der Waals surface area contributed by atoms with E-state index in [0.717, 1.165) is 4.31 Å². The highest BCUT2D eigenvalue weighted by Gasteiger charge is 2.28.